The number of ether oxygens (including phenoxy) is 1. The van der Waals surface area contributed by atoms with E-state index in [1.54, 1.807) is 19.6 Å². The summed E-state index contributed by atoms with van der Waals surface area (Å²) in [6.07, 6.45) is 5.20. The molecule has 120 valence electrons. The van der Waals surface area contributed by atoms with Gasteiger partial charge >= 0.3 is 0 Å². The lowest BCUT2D eigenvalue weighted by Gasteiger charge is -2.02. The van der Waals surface area contributed by atoms with Crippen molar-refractivity contribution in [3.05, 3.63) is 66.3 Å². The summed E-state index contributed by atoms with van der Waals surface area (Å²) in [5.41, 5.74) is 3.84. The zero-order valence-electron chi connectivity index (χ0n) is 13.3. The van der Waals surface area contributed by atoms with Gasteiger partial charge < -0.3 is 14.1 Å². The molecule has 0 bridgehead atoms. The maximum absolute atomic E-state index is 5.41. The van der Waals surface area contributed by atoms with Crippen LogP contribution in [0.5, 0.6) is 5.75 Å². The molecule has 4 aromatic rings. The third kappa shape index (κ3) is 2.88. The van der Waals surface area contributed by atoms with Crippen molar-refractivity contribution in [2.45, 2.75) is 12.8 Å². The summed E-state index contributed by atoms with van der Waals surface area (Å²) in [5, 5.41) is 0. The van der Waals surface area contributed by atoms with Crippen LogP contribution in [0.25, 0.3) is 22.5 Å². The first-order chi connectivity index (χ1) is 11.8. The lowest BCUT2D eigenvalue weighted by Crippen LogP contribution is -1.93. The van der Waals surface area contributed by atoms with Gasteiger partial charge in [-0.1, -0.05) is 12.1 Å². The highest BCUT2D eigenvalue weighted by Gasteiger charge is 2.08. The zero-order valence-corrected chi connectivity index (χ0v) is 13.3. The molecule has 0 aliphatic rings. The van der Waals surface area contributed by atoms with E-state index in [2.05, 4.69) is 27.1 Å². The molecule has 0 unspecified atom stereocenters. The highest BCUT2D eigenvalue weighted by molar-refractivity contribution is 5.76. The molecule has 0 spiro atoms. The molecule has 1 aromatic carbocycles. The Bertz CT molecular complexity index is 941. The molecular weight excluding hydrogens is 302 g/mol. The number of fused-ring (bicyclic) bond motifs is 1. The fraction of sp³-hybridized carbons (Fsp3) is 0.158. The number of methoxy groups -OCH3 is 1. The maximum atomic E-state index is 5.41. The molecule has 3 heterocycles. The second-order valence-electron chi connectivity index (χ2n) is 5.60. The van der Waals surface area contributed by atoms with Crippen molar-refractivity contribution < 1.29 is 9.15 Å². The maximum Gasteiger partial charge on any atom is 0.157 e. The molecule has 0 aliphatic heterocycles. The largest absolute Gasteiger partial charge is 0.497 e. The fourth-order valence-corrected chi connectivity index (χ4v) is 2.70. The molecule has 3 aromatic heterocycles. The number of pyridine rings is 1. The van der Waals surface area contributed by atoms with Crippen LogP contribution in [0.2, 0.25) is 0 Å². The van der Waals surface area contributed by atoms with Gasteiger partial charge in [-0.05, 0) is 42.3 Å². The monoisotopic (exact) mass is 319 g/mol. The Balaban J connectivity index is 1.52. The van der Waals surface area contributed by atoms with Crippen molar-refractivity contribution >= 4 is 11.2 Å². The normalized spacial score (nSPS) is 11.0. The Labute approximate surface area is 139 Å². The third-order valence-corrected chi connectivity index (χ3v) is 4.00. The van der Waals surface area contributed by atoms with Gasteiger partial charge in [0.25, 0.3) is 0 Å². The van der Waals surface area contributed by atoms with Crippen LogP contribution in [0.3, 0.4) is 0 Å². The minimum absolute atomic E-state index is 0.798. The van der Waals surface area contributed by atoms with E-state index >= 15 is 0 Å². The van der Waals surface area contributed by atoms with Crippen LogP contribution in [0.4, 0.5) is 0 Å². The molecule has 0 aliphatic carbocycles. The molecule has 0 radical (unpaired) electrons. The Kier molecular flexibility index (Phi) is 3.75. The minimum Gasteiger partial charge on any atom is -0.497 e. The Morgan fingerprint density at radius 1 is 1.12 bits per heavy atom. The van der Waals surface area contributed by atoms with Gasteiger partial charge in [-0.15, -0.1) is 0 Å². The van der Waals surface area contributed by atoms with Crippen molar-refractivity contribution in [2.24, 2.45) is 0 Å². The number of hydrogen-bond acceptors (Lipinski definition) is 4. The molecule has 0 fully saturated rings. The molecule has 5 heteroatoms. The number of aryl methyl sites for hydroxylation is 2. The number of nitrogens with zero attached hydrogens (tertiary/aromatic N) is 2. The highest BCUT2D eigenvalue weighted by atomic mass is 16.5. The standard InChI is InChI=1S/C19H17N3O2/c1-23-15-7-4-13(5-8-15)6-9-18-21-16-11-14(12-20-19(16)22-18)17-3-2-10-24-17/h2-5,7-8,10-12H,6,9H2,1H3,(H,20,21,22). The van der Waals surface area contributed by atoms with Gasteiger partial charge in [-0.25, -0.2) is 9.97 Å². The Hall–Kier alpha value is -3.08. The SMILES string of the molecule is COc1ccc(CCc2nc3cc(-c4ccco4)cnc3[nH]2)cc1. The average Bonchev–Trinajstić information content (AvgIpc) is 3.29. The van der Waals surface area contributed by atoms with E-state index in [0.717, 1.165) is 46.9 Å². The number of benzene rings is 1. The second kappa shape index (κ2) is 6.20. The molecule has 0 saturated carbocycles. The molecule has 4 rings (SSSR count). The van der Waals surface area contributed by atoms with E-state index in [-0.39, 0.29) is 0 Å². The topological polar surface area (TPSA) is 63.9 Å². The van der Waals surface area contributed by atoms with Crippen LogP contribution >= 0.6 is 0 Å². The van der Waals surface area contributed by atoms with E-state index < -0.39 is 0 Å². The summed E-state index contributed by atoms with van der Waals surface area (Å²) < 4.78 is 10.6. The summed E-state index contributed by atoms with van der Waals surface area (Å²) in [4.78, 5) is 12.4. The number of aromatic nitrogens is 3. The molecule has 24 heavy (non-hydrogen) atoms. The van der Waals surface area contributed by atoms with E-state index in [0.29, 0.717) is 0 Å². The zero-order chi connectivity index (χ0) is 16.4. The predicted octanol–water partition coefficient (Wildman–Crippen LogP) is 4.01. The van der Waals surface area contributed by atoms with Crippen molar-refractivity contribution in [2.75, 3.05) is 7.11 Å². The van der Waals surface area contributed by atoms with Gasteiger partial charge in [0.2, 0.25) is 0 Å². The van der Waals surface area contributed by atoms with Crippen LogP contribution in [0, 0.1) is 0 Å². The van der Waals surface area contributed by atoms with Crippen LogP contribution < -0.4 is 4.74 Å². The predicted molar refractivity (Wildman–Crippen MR) is 92.0 cm³/mol. The number of hydrogen-bond donors (Lipinski definition) is 1. The Morgan fingerprint density at radius 3 is 2.75 bits per heavy atom. The fourth-order valence-electron chi connectivity index (χ4n) is 2.70. The van der Waals surface area contributed by atoms with Crippen LogP contribution in [-0.2, 0) is 12.8 Å². The first kappa shape index (κ1) is 14.5. The van der Waals surface area contributed by atoms with Crippen LogP contribution in [-0.4, -0.2) is 22.1 Å². The van der Waals surface area contributed by atoms with Crippen LogP contribution in [0.1, 0.15) is 11.4 Å². The number of imidazole rings is 1. The van der Waals surface area contributed by atoms with Gasteiger partial charge in [-0.3, -0.25) is 0 Å². The third-order valence-electron chi connectivity index (χ3n) is 4.00. The highest BCUT2D eigenvalue weighted by Crippen LogP contribution is 2.22. The molecule has 0 saturated heterocycles. The summed E-state index contributed by atoms with van der Waals surface area (Å²) in [7, 11) is 1.67. The second-order valence-corrected chi connectivity index (χ2v) is 5.60. The van der Waals surface area contributed by atoms with Crippen LogP contribution in [0.15, 0.2) is 59.3 Å². The molecule has 0 amide bonds. The Morgan fingerprint density at radius 2 is 2.00 bits per heavy atom. The molecular formula is C19H17N3O2. The van der Waals surface area contributed by atoms with E-state index in [9.17, 15) is 0 Å². The van der Waals surface area contributed by atoms with Gasteiger partial charge in [0, 0.05) is 18.2 Å². The quantitative estimate of drug-likeness (QED) is 0.603. The molecule has 1 N–H and O–H groups in total. The van der Waals surface area contributed by atoms with E-state index in [1.807, 2.05) is 30.3 Å². The van der Waals surface area contributed by atoms with Gasteiger partial charge in [0.15, 0.2) is 5.65 Å². The van der Waals surface area contributed by atoms with E-state index in [1.165, 1.54) is 5.56 Å². The number of rotatable bonds is 5. The lowest BCUT2D eigenvalue weighted by molar-refractivity contribution is 0.414. The minimum atomic E-state index is 0.798. The van der Waals surface area contributed by atoms with Gasteiger partial charge in [-0.2, -0.15) is 0 Å². The summed E-state index contributed by atoms with van der Waals surface area (Å²) >= 11 is 0. The van der Waals surface area contributed by atoms with Crippen molar-refractivity contribution in [1.82, 2.24) is 15.0 Å². The first-order valence-corrected chi connectivity index (χ1v) is 7.83. The number of aromatic amines is 1. The first-order valence-electron chi connectivity index (χ1n) is 7.83. The van der Waals surface area contributed by atoms with Gasteiger partial charge in [0.1, 0.15) is 22.9 Å². The summed E-state index contributed by atoms with van der Waals surface area (Å²) in [6.45, 7) is 0. The molecule has 5 nitrogen and oxygen atoms in total. The number of H-pyrrole nitrogens is 1. The van der Waals surface area contributed by atoms with E-state index in [4.69, 9.17) is 9.15 Å². The molecule has 0 atom stereocenters. The summed E-state index contributed by atoms with van der Waals surface area (Å²) in [5.74, 6) is 2.61. The number of nitrogens with one attached hydrogen (secondary N) is 1. The average molecular weight is 319 g/mol. The lowest BCUT2D eigenvalue weighted by atomic mass is 10.1. The van der Waals surface area contributed by atoms with Crippen molar-refractivity contribution in [3.8, 4) is 17.1 Å². The number of furan rings is 1. The van der Waals surface area contributed by atoms with Crippen molar-refractivity contribution in [3.63, 3.8) is 0 Å². The van der Waals surface area contributed by atoms with Gasteiger partial charge in [0.05, 0.1) is 13.4 Å². The summed E-state index contributed by atoms with van der Waals surface area (Å²) in [6, 6.07) is 13.9. The van der Waals surface area contributed by atoms with Crippen molar-refractivity contribution in [1.29, 1.82) is 0 Å². The smallest absolute Gasteiger partial charge is 0.157 e.